The molecule has 0 aliphatic rings. The van der Waals surface area contributed by atoms with Crippen LogP contribution in [0.2, 0.25) is 0 Å². The second kappa shape index (κ2) is 7.22. The third-order valence-electron chi connectivity index (χ3n) is 3.33. The first kappa shape index (κ1) is 15.5. The molecule has 1 aromatic heterocycles. The van der Waals surface area contributed by atoms with Crippen LogP contribution in [0.3, 0.4) is 0 Å². The van der Waals surface area contributed by atoms with E-state index in [0.29, 0.717) is 32.5 Å². The van der Waals surface area contributed by atoms with Crippen molar-refractivity contribution in [3.63, 3.8) is 0 Å². The van der Waals surface area contributed by atoms with E-state index < -0.39 is 0 Å². The Morgan fingerprint density at radius 3 is 2.90 bits per heavy atom. The fraction of sp³-hybridized carbons (Fsp3) is 0.500. The van der Waals surface area contributed by atoms with Gasteiger partial charge in [0.15, 0.2) is 0 Å². The lowest BCUT2D eigenvalue weighted by Gasteiger charge is -2.08. The summed E-state index contributed by atoms with van der Waals surface area (Å²) in [5.74, 6) is 1.94. The maximum absolute atomic E-state index is 11.2. The van der Waals surface area contributed by atoms with Gasteiger partial charge in [0.2, 0.25) is 0 Å². The van der Waals surface area contributed by atoms with Gasteiger partial charge in [-0.3, -0.25) is 4.79 Å². The molecule has 0 saturated heterocycles. The zero-order chi connectivity index (χ0) is 15.2. The van der Waals surface area contributed by atoms with Crippen molar-refractivity contribution in [1.82, 2.24) is 9.55 Å². The number of fused-ring (bicyclic) bond motifs is 1. The van der Waals surface area contributed by atoms with Crippen LogP contribution in [-0.4, -0.2) is 28.5 Å². The Balaban J connectivity index is 2.34. The van der Waals surface area contributed by atoms with Crippen molar-refractivity contribution in [2.45, 2.75) is 39.7 Å². The standard InChI is InChI=1S/C16H23N3O2/c1-3-10-21-13-4-5-15-14(11-13)18-16(6-8-17)19(15)9-7-12(2)20/h4-5,11H,3,6-10,17H2,1-2H3. The number of ketones is 1. The number of ether oxygens (including phenoxy) is 1. The van der Waals surface area contributed by atoms with Crippen molar-refractivity contribution in [3.05, 3.63) is 24.0 Å². The number of hydrogen-bond donors (Lipinski definition) is 1. The molecule has 0 aliphatic carbocycles. The van der Waals surface area contributed by atoms with Crippen LogP contribution < -0.4 is 10.5 Å². The van der Waals surface area contributed by atoms with Crippen molar-refractivity contribution >= 4 is 16.8 Å². The van der Waals surface area contributed by atoms with Crippen LogP contribution in [0.5, 0.6) is 5.75 Å². The molecule has 5 heteroatoms. The molecule has 2 N–H and O–H groups in total. The Labute approximate surface area is 125 Å². The van der Waals surface area contributed by atoms with Crippen molar-refractivity contribution in [3.8, 4) is 5.75 Å². The normalized spacial score (nSPS) is 11.0. The molecule has 0 bridgehead atoms. The van der Waals surface area contributed by atoms with E-state index in [-0.39, 0.29) is 5.78 Å². The van der Waals surface area contributed by atoms with Gasteiger partial charge in [0.25, 0.3) is 0 Å². The van der Waals surface area contributed by atoms with E-state index in [2.05, 4.69) is 16.5 Å². The van der Waals surface area contributed by atoms with Gasteiger partial charge in [0.05, 0.1) is 17.6 Å². The summed E-state index contributed by atoms with van der Waals surface area (Å²) >= 11 is 0. The SMILES string of the molecule is CCCOc1ccc2c(c1)nc(CCN)n2CCC(C)=O. The van der Waals surface area contributed by atoms with Gasteiger partial charge in [-0.2, -0.15) is 0 Å². The van der Waals surface area contributed by atoms with E-state index in [9.17, 15) is 4.79 Å². The molecule has 0 saturated carbocycles. The number of imidazole rings is 1. The van der Waals surface area contributed by atoms with Crippen LogP contribution in [0.15, 0.2) is 18.2 Å². The van der Waals surface area contributed by atoms with Gasteiger partial charge in [-0.15, -0.1) is 0 Å². The molecule has 2 aromatic rings. The molecule has 5 nitrogen and oxygen atoms in total. The van der Waals surface area contributed by atoms with Crippen molar-refractivity contribution in [1.29, 1.82) is 0 Å². The highest BCUT2D eigenvalue weighted by molar-refractivity contribution is 5.79. The minimum atomic E-state index is 0.179. The minimum absolute atomic E-state index is 0.179. The Kier molecular flexibility index (Phi) is 5.33. The molecule has 0 radical (unpaired) electrons. The number of rotatable bonds is 8. The predicted octanol–water partition coefficient (Wildman–Crippen LogP) is 2.31. The number of Topliss-reactive ketones (excluding diaryl/α,β-unsaturated/α-hetero) is 1. The van der Waals surface area contributed by atoms with Gasteiger partial charge in [-0.1, -0.05) is 6.92 Å². The number of carbonyl (C=O) groups excluding carboxylic acids is 1. The molecule has 0 atom stereocenters. The fourth-order valence-corrected chi connectivity index (χ4v) is 2.31. The maximum atomic E-state index is 11.2. The van der Waals surface area contributed by atoms with Gasteiger partial charge >= 0.3 is 0 Å². The van der Waals surface area contributed by atoms with E-state index in [1.807, 2.05) is 18.2 Å². The topological polar surface area (TPSA) is 70.1 Å². The molecule has 0 aliphatic heterocycles. The molecular weight excluding hydrogens is 266 g/mol. The monoisotopic (exact) mass is 289 g/mol. The van der Waals surface area contributed by atoms with E-state index in [0.717, 1.165) is 29.0 Å². The van der Waals surface area contributed by atoms with E-state index in [1.54, 1.807) is 6.92 Å². The van der Waals surface area contributed by atoms with E-state index in [4.69, 9.17) is 10.5 Å². The third-order valence-corrected chi connectivity index (χ3v) is 3.33. The summed E-state index contributed by atoms with van der Waals surface area (Å²) in [4.78, 5) is 15.9. The minimum Gasteiger partial charge on any atom is -0.494 e. The van der Waals surface area contributed by atoms with Crippen LogP contribution in [0.25, 0.3) is 11.0 Å². The lowest BCUT2D eigenvalue weighted by Crippen LogP contribution is -2.11. The molecule has 21 heavy (non-hydrogen) atoms. The molecule has 114 valence electrons. The third kappa shape index (κ3) is 3.82. The number of aromatic nitrogens is 2. The molecule has 0 unspecified atom stereocenters. The van der Waals surface area contributed by atoms with Crippen molar-refractivity contribution in [2.75, 3.05) is 13.2 Å². The number of nitrogens with zero attached hydrogens (tertiary/aromatic N) is 2. The molecule has 0 amide bonds. The average Bonchev–Trinajstić information content (AvgIpc) is 2.80. The summed E-state index contributed by atoms with van der Waals surface area (Å²) in [5.41, 5.74) is 7.59. The number of aryl methyl sites for hydroxylation is 1. The second-order valence-electron chi connectivity index (χ2n) is 5.17. The molecule has 2 rings (SSSR count). The van der Waals surface area contributed by atoms with Crippen LogP contribution in [0.1, 0.15) is 32.5 Å². The van der Waals surface area contributed by atoms with E-state index in [1.165, 1.54) is 0 Å². The van der Waals surface area contributed by atoms with Crippen molar-refractivity contribution < 1.29 is 9.53 Å². The highest BCUT2D eigenvalue weighted by atomic mass is 16.5. The summed E-state index contributed by atoms with van der Waals surface area (Å²) in [5, 5.41) is 0. The molecular formula is C16H23N3O2. The first-order valence-corrected chi connectivity index (χ1v) is 7.47. The van der Waals surface area contributed by atoms with Crippen molar-refractivity contribution in [2.24, 2.45) is 5.73 Å². The molecule has 1 aromatic carbocycles. The highest BCUT2D eigenvalue weighted by Gasteiger charge is 2.11. The summed E-state index contributed by atoms with van der Waals surface area (Å²) in [6, 6.07) is 5.92. The second-order valence-corrected chi connectivity index (χ2v) is 5.17. The lowest BCUT2D eigenvalue weighted by molar-refractivity contribution is -0.117. The van der Waals surface area contributed by atoms with Gasteiger partial charge < -0.3 is 15.0 Å². The van der Waals surface area contributed by atoms with E-state index >= 15 is 0 Å². The van der Waals surface area contributed by atoms with Crippen LogP contribution in [-0.2, 0) is 17.8 Å². The number of hydrogen-bond acceptors (Lipinski definition) is 4. The zero-order valence-corrected chi connectivity index (χ0v) is 12.8. The Morgan fingerprint density at radius 2 is 2.24 bits per heavy atom. The number of nitrogens with two attached hydrogens (primary N) is 1. The molecule has 0 fully saturated rings. The summed E-state index contributed by atoms with van der Waals surface area (Å²) < 4.78 is 7.73. The molecule has 1 heterocycles. The summed E-state index contributed by atoms with van der Waals surface area (Å²) in [6.07, 6.45) is 2.19. The van der Waals surface area contributed by atoms with Crippen LogP contribution >= 0.6 is 0 Å². The Hall–Kier alpha value is -1.88. The number of carbonyl (C=O) groups is 1. The molecule has 0 spiro atoms. The fourth-order valence-electron chi connectivity index (χ4n) is 2.31. The zero-order valence-electron chi connectivity index (χ0n) is 12.8. The van der Waals surface area contributed by atoms with Gasteiger partial charge in [0, 0.05) is 25.5 Å². The Bertz CT molecular complexity index is 619. The first-order valence-electron chi connectivity index (χ1n) is 7.47. The van der Waals surface area contributed by atoms with Crippen LogP contribution in [0.4, 0.5) is 0 Å². The predicted molar refractivity (Wildman–Crippen MR) is 83.6 cm³/mol. The Morgan fingerprint density at radius 1 is 1.43 bits per heavy atom. The first-order chi connectivity index (χ1) is 10.2. The largest absolute Gasteiger partial charge is 0.494 e. The number of benzene rings is 1. The lowest BCUT2D eigenvalue weighted by atomic mass is 10.2. The highest BCUT2D eigenvalue weighted by Crippen LogP contribution is 2.23. The van der Waals surface area contributed by atoms with Gasteiger partial charge in [0.1, 0.15) is 17.4 Å². The summed E-state index contributed by atoms with van der Waals surface area (Å²) in [6.45, 7) is 5.58. The quantitative estimate of drug-likeness (QED) is 0.809. The maximum Gasteiger partial charge on any atom is 0.131 e. The van der Waals surface area contributed by atoms with Crippen LogP contribution in [0, 0.1) is 0 Å². The summed E-state index contributed by atoms with van der Waals surface area (Å²) in [7, 11) is 0. The van der Waals surface area contributed by atoms with Gasteiger partial charge in [-0.05, 0) is 32.0 Å². The smallest absolute Gasteiger partial charge is 0.131 e. The van der Waals surface area contributed by atoms with Gasteiger partial charge in [-0.25, -0.2) is 4.98 Å². The average molecular weight is 289 g/mol.